The van der Waals surface area contributed by atoms with Crippen molar-refractivity contribution in [3.05, 3.63) is 30.3 Å². The van der Waals surface area contributed by atoms with Gasteiger partial charge < -0.3 is 20.9 Å². The second-order valence-electron chi connectivity index (χ2n) is 3.72. The van der Waals surface area contributed by atoms with Crippen molar-refractivity contribution in [2.24, 2.45) is 5.73 Å². The minimum absolute atomic E-state index is 0.326. The Hall–Kier alpha value is -2.57. The number of rotatable bonds is 7. The Balaban J connectivity index is 2.45. The molecule has 0 saturated carbocycles. The highest BCUT2D eigenvalue weighted by molar-refractivity contribution is 5.90. The number of carbonyl (C=O) groups excluding carboxylic acids is 2. The Labute approximate surface area is 109 Å². The minimum Gasteiger partial charge on any atom is -0.484 e. The minimum atomic E-state index is -1.25. The third kappa shape index (κ3) is 5.53. The van der Waals surface area contributed by atoms with Crippen molar-refractivity contribution >= 4 is 17.8 Å². The predicted molar refractivity (Wildman–Crippen MR) is 65.3 cm³/mol. The van der Waals surface area contributed by atoms with Crippen LogP contribution in [0.2, 0.25) is 0 Å². The molecule has 1 aromatic rings. The van der Waals surface area contributed by atoms with Crippen molar-refractivity contribution in [2.45, 2.75) is 12.5 Å². The lowest BCUT2D eigenvalue weighted by Gasteiger charge is -2.13. The van der Waals surface area contributed by atoms with Gasteiger partial charge >= 0.3 is 5.97 Å². The van der Waals surface area contributed by atoms with E-state index < -0.39 is 30.2 Å². The van der Waals surface area contributed by atoms with Crippen molar-refractivity contribution in [1.29, 1.82) is 0 Å². The van der Waals surface area contributed by atoms with E-state index in [2.05, 4.69) is 5.32 Å². The second-order valence-corrected chi connectivity index (χ2v) is 3.72. The Kier molecular flexibility index (Phi) is 5.34. The third-order valence-corrected chi connectivity index (χ3v) is 2.17. The lowest BCUT2D eigenvalue weighted by molar-refractivity contribution is -0.140. The number of carboxylic acids is 1. The summed E-state index contributed by atoms with van der Waals surface area (Å²) in [6, 6.07) is 7.35. The van der Waals surface area contributed by atoms with Crippen molar-refractivity contribution in [1.82, 2.24) is 5.32 Å². The zero-order valence-corrected chi connectivity index (χ0v) is 10.0. The summed E-state index contributed by atoms with van der Waals surface area (Å²) in [5.41, 5.74) is 4.98. The van der Waals surface area contributed by atoms with Crippen LogP contribution >= 0.6 is 0 Å². The summed E-state index contributed by atoms with van der Waals surface area (Å²) >= 11 is 0. The normalized spacial score (nSPS) is 11.4. The molecule has 1 aromatic carbocycles. The van der Waals surface area contributed by atoms with Crippen LogP contribution in [0.4, 0.5) is 0 Å². The van der Waals surface area contributed by atoms with Gasteiger partial charge in [-0.05, 0) is 12.1 Å². The fourth-order valence-electron chi connectivity index (χ4n) is 1.30. The molecule has 1 unspecified atom stereocenters. The van der Waals surface area contributed by atoms with Gasteiger partial charge in [-0.25, -0.2) is 0 Å². The van der Waals surface area contributed by atoms with Crippen molar-refractivity contribution in [3.8, 4) is 5.75 Å². The van der Waals surface area contributed by atoms with E-state index in [1.54, 1.807) is 30.3 Å². The van der Waals surface area contributed by atoms with Crippen molar-refractivity contribution < 1.29 is 24.2 Å². The summed E-state index contributed by atoms with van der Waals surface area (Å²) < 4.78 is 5.14. The number of para-hydroxylation sites is 1. The number of nitrogens with two attached hydrogens (primary N) is 1. The number of ether oxygens (including phenoxy) is 1. The van der Waals surface area contributed by atoms with Crippen LogP contribution in [-0.4, -0.2) is 35.5 Å². The highest BCUT2D eigenvalue weighted by Crippen LogP contribution is 2.07. The van der Waals surface area contributed by atoms with E-state index in [0.29, 0.717) is 5.75 Å². The van der Waals surface area contributed by atoms with E-state index in [-0.39, 0.29) is 6.61 Å². The molecule has 0 bridgehead atoms. The lowest BCUT2D eigenvalue weighted by atomic mass is 10.2. The molecule has 0 aromatic heterocycles. The third-order valence-electron chi connectivity index (χ3n) is 2.17. The molecule has 0 heterocycles. The number of nitrogens with one attached hydrogen (secondary N) is 1. The molecule has 0 aliphatic heterocycles. The standard InChI is InChI=1S/C12H14N2O5/c13-12(18)9(6-11(16)17)14-10(15)7-19-8-4-2-1-3-5-8/h1-5,9H,6-7H2,(H2,13,18)(H,14,15)(H,16,17). The number of aliphatic carboxylic acids is 1. The molecule has 0 spiro atoms. The van der Waals surface area contributed by atoms with Gasteiger partial charge in [-0.1, -0.05) is 18.2 Å². The van der Waals surface area contributed by atoms with Crippen LogP contribution in [-0.2, 0) is 14.4 Å². The fourth-order valence-corrected chi connectivity index (χ4v) is 1.30. The average molecular weight is 266 g/mol. The Bertz CT molecular complexity index is 460. The number of hydrogen-bond acceptors (Lipinski definition) is 4. The Morgan fingerprint density at radius 2 is 1.89 bits per heavy atom. The largest absolute Gasteiger partial charge is 0.484 e. The van der Waals surface area contributed by atoms with Crippen LogP contribution in [0.3, 0.4) is 0 Å². The van der Waals surface area contributed by atoms with E-state index in [4.69, 9.17) is 15.6 Å². The summed E-state index contributed by atoms with van der Waals surface area (Å²) in [7, 11) is 0. The molecule has 1 rings (SSSR count). The summed E-state index contributed by atoms with van der Waals surface area (Å²) in [6.07, 6.45) is -0.563. The molecule has 2 amide bonds. The van der Waals surface area contributed by atoms with Crippen LogP contribution in [0.15, 0.2) is 30.3 Å². The molecule has 0 radical (unpaired) electrons. The number of primary amides is 1. The second kappa shape index (κ2) is 7.00. The molecule has 102 valence electrons. The highest BCUT2D eigenvalue weighted by atomic mass is 16.5. The van der Waals surface area contributed by atoms with Crippen LogP contribution in [0.25, 0.3) is 0 Å². The van der Waals surface area contributed by atoms with Crippen LogP contribution < -0.4 is 15.8 Å². The molecular formula is C12H14N2O5. The van der Waals surface area contributed by atoms with Gasteiger partial charge in [-0.2, -0.15) is 0 Å². The SMILES string of the molecule is NC(=O)C(CC(=O)O)NC(=O)COc1ccccc1. The summed E-state index contributed by atoms with van der Waals surface area (Å²) in [5.74, 6) is -2.26. The summed E-state index contributed by atoms with van der Waals surface area (Å²) in [5, 5.41) is 10.8. The zero-order chi connectivity index (χ0) is 14.3. The topological polar surface area (TPSA) is 119 Å². The maximum absolute atomic E-state index is 11.5. The monoisotopic (exact) mass is 266 g/mol. The predicted octanol–water partition coefficient (Wildman–Crippen LogP) is -0.490. The molecule has 0 aliphatic carbocycles. The van der Waals surface area contributed by atoms with Gasteiger partial charge in [0.1, 0.15) is 11.8 Å². The van der Waals surface area contributed by atoms with Crippen molar-refractivity contribution in [3.63, 3.8) is 0 Å². The Morgan fingerprint density at radius 1 is 1.26 bits per heavy atom. The highest BCUT2D eigenvalue weighted by Gasteiger charge is 2.21. The first-order chi connectivity index (χ1) is 8.99. The number of hydrogen-bond donors (Lipinski definition) is 3. The molecule has 7 nitrogen and oxygen atoms in total. The fraction of sp³-hybridized carbons (Fsp3) is 0.250. The molecule has 7 heteroatoms. The van der Waals surface area contributed by atoms with E-state index in [9.17, 15) is 14.4 Å². The van der Waals surface area contributed by atoms with Gasteiger partial charge in [0.15, 0.2) is 6.61 Å². The quantitative estimate of drug-likeness (QED) is 0.615. The van der Waals surface area contributed by atoms with Gasteiger partial charge in [-0.3, -0.25) is 14.4 Å². The van der Waals surface area contributed by atoms with Gasteiger partial charge in [0.25, 0.3) is 5.91 Å². The molecule has 0 saturated heterocycles. The van der Waals surface area contributed by atoms with E-state index in [1.165, 1.54) is 0 Å². The summed E-state index contributed by atoms with van der Waals surface area (Å²) in [4.78, 5) is 32.9. The maximum Gasteiger partial charge on any atom is 0.305 e. The van der Waals surface area contributed by atoms with Gasteiger partial charge in [0.2, 0.25) is 5.91 Å². The Morgan fingerprint density at radius 3 is 2.42 bits per heavy atom. The molecule has 19 heavy (non-hydrogen) atoms. The number of carbonyl (C=O) groups is 3. The van der Waals surface area contributed by atoms with E-state index in [0.717, 1.165) is 0 Å². The van der Waals surface area contributed by atoms with Crippen LogP contribution in [0, 0.1) is 0 Å². The smallest absolute Gasteiger partial charge is 0.305 e. The van der Waals surface area contributed by atoms with Crippen LogP contribution in [0.1, 0.15) is 6.42 Å². The lowest BCUT2D eigenvalue weighted by Crippen LogP contribution is -2.47. The van der Waals surface area contributed by atoms with E-state index >= 15 is 0 Å². The van der Waals surface area contributed by atoms with E-state index in [1.807, 2.05) is 0 Å². The number of benzene rings is 1. The average Bonchev–Trinajstić information content (AvgIpc) is 2.36. The van der Waals surface area contributed by atoms with Gasteiger partial charge in [0.05, 0.1) is 6.42 Å². The van der Waals surface area contributed by atoms with Crippen molar-refractivity contribution in [2.75, 3.05) is 6.61 Å². The first kappa shape index (κ1) is 14.5. The van der Waals surface area contributed by atoms with Gasteiger partial charge in [-0.15, -0.1) is 0 Å². The molecule has 4 N–H and O–H groups in total. The van der Waals surface area contributed by atoms with Crippen LogP contribution in [0.5, 0.6) is 5.75 Å². The number of amides is 2. The molecule has 0 aliphatic rings. The zero-order valence-electron chi connectivity index (χ0n) is 10.0. The first-order valence-electron chi connectivity index (χ1n) is 5.47. The van der Waals surface area contributed by atoms with Gasteiger partial charge in [0, 0.05) is 0 Å². The summed E-state index contributed by atoms with van der Waals surface area (Å²) in [6.45, 7) is -0.326. The molecule has 0 fully saturated rings. The maximum atomic E-state index is 11.5. The molecule has 1 atom stereocenters. The number of carboxylic acid groups (broad SMARTS) is 1. The molecular weight excluding hydrogens is 252 g/mol. The first-order valence-corrected chi connectivity index (χ1v) is 5.47.